The summed E-state index contributed by atoms with van der Waals surface area (Å²) >= 11 is 7.07. The van der Waals surface area contributed by atoms with E-state index in [0.717, 1.165) is 37.0 Å². The van der Waals surface area contributed by atoms with Gasteiger partial charge in [0.1, 0.15) is 5.01 Å². The Kier molecular flexibility index (Phi) is 8.00. The Morgan fingerprint density at radius 2 is 1.92 bits per heavy atom. The number of aromatic nitrogens is 2. The topological polar surface area (TPSA) is 84.0 Å². The second kappa shape index (κ2) is 10.2. The van der Waals surface area contributed by atoms with Gasteiger partial charge in [-0.1, -0.05) is 55.7 Å². The molecular weight excluding hydrogens is 372 g/mol. The number of carbonyl (C=O) groups excluding carboxylic acids is 2. The molecule has 1 aromatic carbocycles. The predicted molar refractivity (Wildman–Crippen MR) is 104 cm³/mol. The van der Waals surface area contributed by atoms with Crippen LogP contribution in [0.5, 0.6) is 0 Å². The maximum atomic E-state index is 12.3. The fourth-order valence-corrected chi connectivity index (χ4v) is 3.44. The first-order chi connectivity index (χ1) is 12.5. The minimum absolute atomic E-state index is 0.0310. The molecule has 6 nitrogen and oxygen atoms in total. The quantitative estimate of drug-likeness (QED) is 0.664. The molecule has 0 fully saturated rings. The molecule has 0 aliphatic rings. The standard InChI is InChI=1S/C18H23ClN4O2S/c1-3-6-12(7-4-2)16(24)20-11-15-22-23-18(26-15)17(25)21-14-9-5-8-13(19)10-14/h5,8-10,12H,3-4,6-7,11H2,1-2H3,(H,20,24)(H,21,25). The number of anilines is 1. The molecule has 0 aliphatic heterocycles. The van der Waals surface area contributed by atoms with Crippen molar-refractivity contribution in [1.29, 1.82) is 0 Å². The summed E-state index contributed by atoms with van der Waals surface area (Å²) in [4.78, 5) is 24.5. The van der Waals surface area contributed by atoms with Gasteiger partial charge in [0, 0.05) is 16.6 Å². The van der Waals surface area contributed by atoms with E-state index in [-0.39, 0.29) is 29.3 Å². The average molecular weight is 395 g/mol. The highest BCUT2D eigenvalue weighted by molar-refractivity contribution is 7.13. The number of rotatable bonds is 9. The Bertz CT molecular complexity index is 744. The van der Waals surface area contributed by atoms with E-state index in [0.29, 0.717) is 15.7 Å². The lowest BCUT2D eigenvalue weighted by Gasteiger charge is -2.14. The summed E-state index contributed by atoms with van der Waals surface area (Å²) in [6.07, 6.45) is 3.71. The third-order valence-electron chi connectivity index (χ3n) is 3.80. The third-order valence-corrected chi connectivity index (χ3v) is 4.96. The molecule has 0 saturated heterocycles. The van der Waals surface area contributed by atoms with Gasteiger partial charge in [0.2, 0.25) is 10.9 Å². The second-order valence-corrected chi connectivity index (χ2v) is 7.46. The van der Waals surface area contributed by atoms with Gasteiger partial charge in [-0.25, -0.2) is 0 Å². The Morgan fingerprint density at radius 3 is 2.58 bits per heavy atom. The molecule has 0 unspecified atom stereocenters. The first kappa shape index (κ1) is 20.3. The van der Waals surface area contributed by atoms with Crippen LogP contribution in [0, 0.1) is 5.92 Å². The van der Waals surface area contributed by atoms with Crippen LogP contribution in [0.25, 0.3) is 0 Å². The Hall–Kier alpha value is -1.99. The largest absolute Gasteiger partial charge is 0.349 e. The van der Waals surface area contributed by atoms with E-state index in [1.165, 1.54) is 0 Å². The van der Waals surface area contributed by atoms with Crippen LogP contribution in [-0.2, 0) is 11.3 Å². The van der Waals surface area contributed by atoms with Crippen LogP contribution < -0.4 is 10.6 Å². The van der Waals surface area contributed by atoms with Crippen molar-refractivity contribution < 1.29 is 9.59 Å². The molecule has 0 atom stereocenters. The predicted octanol–water partition coefficient (Wildman–Crippen LogP) is 4.28. The first-order valence-electron chi connectivity index (χ1n) is 8.70. The van der Waals surface area contributed by atoms with Crippen molar-refractivity contribution in [1.82, 2.24) is 15.5 Å². The lowest BCUT2D eigenvalue weighted by Crippen LogP contribution is -2.30. The minimum Gasteiger partial charge on any atom is -0.349 e. The van der Waals surface area contributed by atoms with Gasteiger partial charge in [0.25, 0.3) is 5.91 Å². The molecule has 26 heavy (non-hydrogen) atoms. The van der Waals surface area contributed by atoms with Gasteiger partial charge in [-0.2, -0.15) is 0 Å². The summed E-state index contributed by atoms with van der Waals surface area (Å²) in [6, 6.07) is 6.88. The number of nitrogens with one attached hydrogen (secondary N) is 2. The summed E-state index contributed by atoms with van der Waals surface area (Å²) in [6.45, 7) is 4.43. The zero-order valence-electron chi connectivity index (χ0n) is 14.9. The molecule has 1 heterocycles. The number of carbonyl (C=O) groups is 2. The van der Waals surface area contributed by atoms with E-state index in [1.807, 2.05) is 0 Å². The van der Waals surface area contributed by atoms with E-state index in [1.54, 1.807) is 24.3 Å². The fraction of sp³-hybridized carbons (Fsp3) is 0.444. The van der Waals surface area contributed by atoms with Gasteiger partial charge < -0.3 is 10.6 Å². The molecule has 0 aliphatic carbocycles. The molecular formula is C18H23ClN4O2S. The molecule has 0 radical (unpaired) electrons. The monoisotopic (exact) mass is 394 g/mol. The molecule has 2 rings (SSSR count). The van der Waals surface area contributed by atoms with Crippen molar-refractivity contribution in [3.05, 3.63) is 39.3 Å². The highest BCUT2D eigenvalue weighted by atomic mass is 35.5. The minimum atomic E-state index is -0.350. The van der Waals surface area contributed by atoms with Gasteiger partial charge in [-0.3, -0.25) is 9.59 Å². The van der Waals surface area contributed by atoms with Crippen LogP contribution in [-0.4, -0.2) is 22.0 Å². The Balaban J connectivity index is 1.90. The van der Waals surface area contributed by atoms with Gasteiger partial charge in [0.05, 0.1) is 6.54 Å². The highest BCUT2D eigenvalue weighted by Crippen LogP contribution is 2.18. The second-order valence-electron chi connectivity index (χ2n) is 5.96. The van der Waals surface area contributed by atoms with Crippen molar-refractivity contribution in [2.24, 2.45) is 5.92 Å². The Labute approximate surface area is 162 Å². The van der Waals surface area contributed by atoms with E-state index < -0.39 is 0 Å². The summed E-state index contributed by atoms with van der Waals surface area (Å²) in [5.74, 6) is -0.283. The van der Waals surface area contributed by atoms with Crippen LogP contribution in [0.3, 0.4) is 0 Å². The van der Waals surface area contributed by atoms with Crippen molar-refractivity contribution >= 4 is 40.4 Å². The summed E-state index contributed by atoms with van der Waals surface area (Å²) < 4.78 is 0. The van der Waals surface area contributed by atoms with E-state index in [9.17, 15) is 9.59 Å². The van der Waals surface area contributed by atoms with E-state index in [4.69, 9.17) is 11.6 Å². The number of halogens is 1. The average Bonchev–Trinajstić information content (AvgIpc) is 3.09. The van der Waals surface area contributed by atoms with Gasteiger partial charge in [-0.15, -0.1) is 10.2 Å². The zero-order chi connectivity index (χ0) is 18.9. The molecule has 2 amide bonds. The Morgan fingerprint density at radius 1 is 1.19 bits per heavy atom. The van der Waals surface area contributed by atoms with Gasteiger partial charge in [-0.05, 0) is 31.0 Å². The number of hydrogen-bond donors (Lipinski definition) is 2. The number of amides is 2. The van der Waals surface area contributed by atoms with Crippen LogP contribution in [0.1, 0.15) is 54.3 Å². The van der Waals surface area contributed by atoms with Crippen molar-refractivity contribution in [3.63, 3.8) is 0 Å². The summed E-state index contributed by atoms with van der Waals surface area (Å²) in [7, 11) is 0. The van der Waals surface area contributed by atoms with Crippen molar-refractivity contribution in [3.8, 4) is 0 Å². The van der Waals surface area contributed by atoms with Crippen molar-refractivity contribution in [2.75, 3.05) is 5.32 Å². The zero-order valence-corrected chi connectivity index (χ0v) is 16.5. The smallest absolute Gasteiger partial charge is 0.286 e. The molecule has 2 aromatic rings. The lowest BCUT2D eigenvalue weighted by molar-refractivity contribution is -0.125. The van der Waals surface area contributed by atoms with Crippen LogP contribution in [0.2, 0.25) is 5.02 Å². The van der Waals surface area contributed by atoms with Crippen molar-refractivity contribution in [2.45, 2.75) is 46.1 Å². The number of nitrogens with zero attached hydrogens (tertiary/aromatic N) is 2. The van der Waals surface area contributed by atoms with Crippen LogP contribution in [0.4, 0.5) is 5.69 Å². The molecule has 2 N–H and O–H groups in total. The molecule has 0 saturated carbocycles. The SMILES string of the molecule is CCCC(CCC)C(=O)NCc1nnc(C(=O)Nc2cccc(Cl)c2)s1. The van der Waals surface area contributed by atoms with Crippen LogP contribution in [0.15, 0.2) is 24.3 Å². The first-order valence-corrected chi connectivity index (χ1v) is 9.90. The van der Waals surface area contributed by atoms with E-state index >= 15 is 0 Å². The molecule has 140 valence electrons. The van der Waals surface area contributed by atoms with Gasteiger partial charge in [0.15, 0.2) is 0 Å². The van der Waals surface area contributed by atoms with Crippen LogP contribution >= 0.6 is 22.9 Å². The maximum absolute atomic E-state index is 12.3. The normalized spacial score (nSPS) is 10.8. The number of benzene rings is 1. The third kappa shape index (κ3) is 6.07. The molecule has 1 aromatic heterocycles. The van der Waals surface area contributed by atoms with E-state index in [2.05, 4.69) is 34.7 Å². The molecule has 0 bridgehead atoms. The fourth-order valence-electron chi connectivity index (χ4n) is 2.58. The molecule has 8 heteroatoms. The molecule has 0 spiro atoms. The highest BCUT2D eigenvalue weighted by Gasteiger charge is 2.18. The lowest BCUT2D eigenvalue weighted by atomic mass is 9.97. The maximum Gasteiger partial charge on any atom is 0.286 e. The summed E-state index contributed by atoms with van der Waals surface area (Å²) in [5.41, 5.74) is 0.592. The number of hydrogen-bond acceptors (Lipinski definition) is 5. The van der Waals surface area contributed by atoms with Gasteiger partial charge >= 0.3 is 0 Å². The summed E-state index contributed by atoms with van der Waals surface area (Å²) in [5, 5.41) is 14.9.